The highest BCUT2D eigenvalue weighted by molar-refractivity contribution is 5.91. The van der Waals surface area contributed by atoms with Gasteiger partial charge in [0.15, 0.2) is 6.61 Å². The second-order valence-electron chi connectivity index (χ2n) is 6.62. The lowest BCUT2D eigenvalue weighted by atomic mass is 10.1. The van der Waals surface area contributed by atoms with E-state index in [0.717, 1.165) is 29.8 Å². The molecule has 4 heteroatoms. The van der Waals surface area contributed by atoms with Gasteiger partial charge in [-0.1, -0.05) is 42.5 Å². The summed E-state index contributed by atoms with van der Waals surface area (Å²) in [7, 11) is 0. The molecule has 1 amide bonds. The van der Waals surface area contributed by atoms with Crippen LogP contribution in [-0.4, -0.2) is 19.1 Å². The average molecular weight is 375 g/mol. The standard InChI is InChI=1S/C24H25NO3/c1-19-7-5-11-23(17-19)28-18-24(26)25-21-12-14-22(15-13-21)27-16-6-10-20-8-3-2-4-9-20/h2-5,7-9,11-15,17H,6,10,16,18H2,1H3,(H,25,26). The number of rotatable bonds is 9. The van der Waals surface area contributed by atoms with Gasteiger partial charge in [0.1, 0.15) is 11.5 Å². The Bertz CT molecular complexity index is 876. The zero-order valence-electron chi connectivity index (χ0n) is 16.1. The molecule has 0 fully saturated rings. The van der Waals surface area contributed by atoms with E-state index in [1.165, 1.54) is 5.56 Å². The number of anilines is 1. The van der Waals surface area contributed by atoms with Gasteiger partial charge in [-0.2, -0.15) is 0 Å². The summed E-state index contributed by atoms with van der Waals surface area (Å²) >= 11 is 0. The predicted octanol–water partition coefficient (Wildman–Crippen LogP) is 5.02. The Hall–Kier alpha value is -3.27. The van der Waals surface area contributed by atoms with Crippen molar-refractivity contribution in [3.63, 3.8) is 0 Å². The average Bonchev–Trinajstić information content (AvgIpc) is 2.72. The van der Waals surface area contributed by atoms with Crippen LogP contribution in [0.15, 0.2) is 78.9 Å². The quantitative estimate of drug-likeness (QED) is 0.534. The molecule has 4 nitrogen and oxygen atoms in total. The highest BCUT2D eigenvalue weighted by Gasteiger charge is 2.04. The third kappa shape index (κ3) is 6.47. The van der Waals surface area contributed by atoms with Crippen molar-refractivity contribution >= 4 is 11.6 Å². The minimum absolute atomic E-state index is 0.0266. The highest BCUT2D eigenvalue weighted by Crippen LogP contribution is 2.17. The lowest BCUT2D eigenvalue weighted by molar-refractivity contribution is -0.118. The lowest BCUT2D eigenvalue weighted by Gasteiger charge is -2.09. The number of carbonyl (C=O) groups excluding carboxylic acids is 1. The van der Waals surface area contributed by atoms with Crippen molar-refractivity contribution in [1.82, 2.24) is 0 Å². The topological polar surface area (TPSA) is 47.6 Å². The summed E-state index contributed by atoms with van der Waals surface area (Å²) in [6, 6.07) is 25.4. The van der Waals surface area contributed by atoms with E-state index >= 15 is 0 Å². The Kier molecular flexibility index (Phi) is 7.08. The molecule has 0 bridgehead atoms. The molecule has 0 atom stereocenters. The monoisotopic (exact) mass is 375 g/mol. The van der Waals surface area contributed by atoms with Crippen LogP contribution in [0.4, 0.5) is 5.69 Å². The van der Waals surface area contributed by atoms with E-state index in [-0.39, 0.29) is 12.5 Å². The Morgan fingerprint density at radius 2 is 1.64 bits per heavy atom. The Balaban J connectivity index is 1.38. The molecule has 0 aromatic heterocycles. The number of nitrogens with one attached hydrogen (secondary N) is 1. The fourth-order valence-corrected chi connectivity index (χ4v) is 2.80. The summed E-state index contributed by atoms with van der Waals surface area (Å²) in [5.41, 5.74) is 3.13. The highest BCUT2D eigenvalue weighted by atomic mass is 16.5. The van der Waals surface area contributed by atoms with E-state index in [4.69, 9.17) is 9.47 Å². The zero-order valence-corrected chi connectivity index (χ0v) is 16.1. The molecular formula is C24H25NO3. The number of hydrogen-bond acceptors (Lipinski definition) is 3. The van der Waals surface area contributed by atoms with Gasteiger partial charge >= 0.3 is 0 Å². The van der Waals surface area contributed by atoms with E-state index in [2.05, 4.69) is 29.6 Å². The van der Waals surface area contributed by atoms with Gasteiger partial charge in [-0.3, -0.25) is 4.79 Å². The number of amides is 1. The van der Waals surface area contributed by atoms with E-state index in [1.54, 1.807) is 0 Å². The Morgan fingerprint density at radius 1 is 0.857 bits per heavy atom. The summed E-state index contributed by atoms with van der Waals surface area (Å²) in [5, 5.41) is 2.82. The van der Waals surface area contributed by atoms with Crippen LogP contribution >= 0.6 is 0 Å². The van der Waals surface area contributed by atoms with Gasteiger partial charge in [0.25, 0.3) is 5.91 Å². The summed E-state index contributed by atoms with van der Waals surface area (Å²) in [4.78, 5) is 12.0. The summed E-state index contributed by atoms with van der Waals surface area (Å²) in [6.07, 6.45) is 1.95. The molecular weight excluding hydrogens is 350 g/mol. The molecule has 0 aliphatic carbocycles. The molecule has 0 heterocycles. The predicted molar refractivity (Wildman–Crippen MR) is 112 cm³/mol. The van der Waals surface area contributed by atoms with Crippen molar-refractivity contribution in [2.24, 2.45) is 0 Å². The second kappa shape index (κ2) is 10.2. The number of ether oxygens (including phenoxy) is 2. The fourth-order valence-electron chi connectivity index (χ4n) is 2.80. The molecule has 3 aromatic carbocycles. The summed E-state index contributed by atoms with van der Waals surface area (Å²) in [5.74, 6) is 1.29. The van der Waals surface area contributed by atoms with Crippen molar-refractivity contribution in [3.05, 3.63) is 90.0 Å². The van der Waals surface area contributed by atoms with Crippen molar-refractivity contribution in [1.29, 1.82) is 0 Å². The van der Waals surface area contributed by atoms with E-state index in [1.807, 2.05) is 61.5 Å². The molecule has 28 heavy (non-hydrogen) atoms. The molecule has 144 valence electrons. The van der Waals surface area contributed by atoms with Crippen molar-refractivity contribution in [3.8, 4) is 11.5 Å². The first kappa shape index (κ1) is 19.5. The molecule has 0 unspecified atom stereocenters. The molecule has 0 aliphatic heterocycles. The van der Waals surface area contributed by atoms with Crippen LogP contribution in [-0.2, 0) is 11.2 Å². The van der Waals surface area contributed by atoms with E-state index < -0.39 is 0 Å². The van der Waals surface area contributed by atoms with Crippen LogP contribution in [0.25, 0.3) is 0 Å². The first-order valence-corrected chi connectivity index (χ1v) is 9.45. The van der Waals surface area contributed by atoms with E-state index in [9.17, 15) is 4.79 Å². The first-order valence-electron chi connectivity index (χ1n) is 9.45. The minimum atomic E-state index is -0.196. The van der Waals surface area contributed by atoms with Crippen LogP contribution in [0.5, 0.6) is 11.5 Å². The maximum Gasteiger partial charge on any atom is 0.262 e. The Morgan fingerprint density at radius 3 is 2.39 bits per heavy atom. The van der Waals surface area contributed by atoms with Gasteiger partial charge in [0.2, 0.25) is 0 Å². The Labute approximate surface area is 166 Å². The third-order valence-electron chi connectivity index (χ3n) is 4.22. The van der Waals surface area contributed by atoms with Crippen LogP contribution in [0.2, 0.25) is 0 Å². The van der Waals surface area contributed by atoms with Gasteiger partial charge < -0.3 is 14.8 Å². The first-order chi connectivity index (χ1) is 13.7. The fraction of sp³-hybridized carbons (Fsp3) is 0.208. The number of carbonyl (C=O) groups is 1. The molecule has 0 spiro atoms. The summed E-state index contributed by atoms with van der Waals surface area (Å²) < 4.78 is 11.3. The van der Waals surface area contributed by atoms with Gasteiger partial charge in [-0.05, 0) is 67.3 Å². The molecule has 0 saturated heterocycles. The van der Waals surface area contributed by atoms with Gasteiger partial charge in [-0.25, -0.2) is 0 Å². The van der Waals surface area contributed by atoms with Crippen LogP contribution in [0, 0.1) is 6.92 Å². The van der Waals surface area contributed by atoms with Gasteiger partial charge in [0, 0.05) is 5.69 Å². The number of aryl methyl sites for hydroxylation is 2. The van der Waals surface area contributed by atoms with E-state index in [0.29, 0.717) is 12.4 Å². The SMILES string of the molecule is Cc1cccc(OCC(=O)Nc2ccc(OCCCc3ccccc3)cc2)c1. The van der Waals surface area contributed by atoms with Crippen molar-refractivity contribution in [2.75, 3.05) is 18.5 Å². The van der Waals surface area contributed by atoms with Crippen molar-refractivity contribution < 1.29 is 14.3 Å². The smallest absolute Gasteiger partial charge is 0.262 e. The minimum Gasteiger partial charge on any atom is -0.494 e. The molecule has 1 N–H and O–H groups in total. The number of benzene rings is 3. The third-order valence-corrected chi connectivity index (χ3v) is 4.22. The second-order valence-corrected chi connectivity index (χ2v) is 6.62. The summed E-state index contributed by atoms with van der Waals surface area (Å²) in [6.45, 7) is 2.62. The normalized spacial score (nSPS) is 10.3. The maximum absolute atomic E-state index is 12.0. The molecule has 3 aromatic rings. The maximum atomic E-state index is 12.0. The van der Waals surface area contributed by atoms with Crippen molar-refractivity contribution in [2.45, 2.75) is 19.8 Å². The van der Waals surface area contributed by atoms with Gasteiger partial charge in [0.05, 0.1) is 6.61 Å². The molecule has 0 aliphatic rings. The molecule has 0 saturated carbocycles. The molecule has 0 radical (unpaired) electrons. The zero-order chi connectivity index (χ0) is 19.6. The van der Waals surface area contributed by atoms with Crippen LogP contribution < -0.4 is 14.8 Å². The number of hydrogen-bond donors (Lipinski definition) is 1. The molecule has 3 rings (SSSR count). The largest absolute Gasteiger partial charge is 0.494 e. The van der Waals surface area contributed by atoms with Gasteiger partial charge in [-0.15, -0.1) is 0 Å². The van der Waals surface area contributed by atoms with Crippen LogP contribution in [0.1, 0.15) is 17.5 Å². The lowest BCUT2D eigenvalue weighted by Crippen LogP contribution is -2.20. The van der Waals surface area contributed by atoms with Crippen LogP contribution in [0.3, 0.4) is 0 Å².